The molecule has 3 rings (SSSR count). The Hall–Kier alpha value is -2.32. The molecule has 0 radical (unpaired) electrons. The van der Waals surface area contributed by atoms with Crippen LogP contribution in [0.4, 0.5) is 0 Å². The lowest BCUT2D eigenvalue weighted by Crippen LogP contribution is -1.98. The van der Waals surface area contributed by atoms with Crippen molar-refractivity contribution in [2.24, 2.45) is 0 Å². The third-order valence-electron chi connectivity index (χ3n) is 3.01. The highest BCUT2D eigenvalue weighted by Crippen LogP contribution is 2.25. The van der Waals surface area contributed by atoms with Gasteiger partial charge in [-0.2, -0.15) is 0 Å². The first-order chi connectivity index (χ1) is 9.72. The summed E-state index contributed by atoms with van der Waals surface area (Å²) in [5.74, 6) is 0.558. The lowest BCUT2D eigenvalue weighted by atomic mass is 10.0. The van der Waals surface area contributed by atoms with E-state index >= 15 is 0 Å². The van der Waals surface area contributed by atoms with Crippen molar-refractivity contribution < 1.29 is 4.42 Å². The lowest BCUT2D eigenvalue weighted by Gasteiger charge is -2.04. The van der Waals surface area contributed by atoms with Crippen LogP contribution in [-0.4, -0.2) is 0 Å². The van der Waals surface area contributed by atoms with Gasteiger partial charge >= 0.3 is 5.63 Å². The van der Waals surface area contributed by atoms with E-state index in [2.05, 4.69) is 0 Å². The summed E-state index contributed by atoms with van der Waals surface area (Å²) in [5.41, 5.74) is 2.26. The van der Waals surface area contributed by atoms with Crippen molar-refractivity contribution in [3.05, 3.63) is 82.2 Å². The van der Waals surface area contributed by atoms with E-state index in [1.807, 2.05) is 48.5 Å². The maximum absolute atomic E-state index is 11.7. The fourth-order valence-electron chi connectivity index (χ4n) is 2.03. The summed E-state index contributed by atoms with van der Waals surface area (Å²) in [7, 11) is 0. The van der Waals surface area contributed by atoms with Crippen LogP contribution in [0.3, 0.4) is 0 Å². The predicted molar refractivity (Wildman–Crippen MR) is 80.9 cm³/mol. The highest BCUT2D eigenvalue weighted by Gasteiger charge is 2.06. The van der Waals surface area contributed by atoms with Crippen molar-refractivity contribution in [2.75, 3.05) is 0 Å². The standard InChI is InChI=1S/C17H11ClO2/c18-15-8-6-12(7-9-15)14-10-16(20-17(19)11-14)13-4-2-1-3-5-13/h1-11H. The molecule has 0 amide bonds. The zero-order valence-corrected chi connectivity index (χ0v) is 11.3. The zero-order chi connectivity index (χ0) is 13.9. The van der Waals surface area contributed by atoms with E-state index in [1.54, 1.807) is 12.1 Å². The van der Waals surface area contributed by atoms with Gasteiger partial charge in [-0.05, 0) is 29.3 Å². The molecule has 3 heteroatoms. The van der Waals surface area contributed by atoms with Crippen molar-refractivity contribution in [1.29, 1.82) is 0 Å². The molecule has 0 aliphatic rings. The van der Waals surface area contributed by atoms with E-state index in [-0.39, 0.29) is 5.63 Å². The summed E-state index contributed by atoms with van der Waals surface area (Å²) < 4.78 is 5.27. The molecule has 0 saturated carbocycles. The van der Waals surface area contributed by atoms with Crippen LogP contribution in [-0.2, 0) is 0 Å². The van der Waals surface area contributed by atoms with Crippen LogP contribution in [0.2, 0.25) is 5.02 Å². The van der Waals surface area contributed by atoms with Gasteiger partial charge in [-0.1, -0.05) is 54.1 Å². The molecule has 0 spiro atoms. The molecule has 20 heavy (non-hydrogen) atoms. The van der Waals surface area contributed by atoms with Crippen LogP contribution < -0.4 is 5.63 Å². The summed E-state index contributed by atoms with van der Waals surface area (Å²) in [6.07, 6.45) is 0. The Balaban J connectivity index is 2.12. The SMILES string of the molecule is O=c1cc(-c2ccc(Cl)cc2)cc(-c2ccccc2)o1. The summed E-state index contributed by atoms with van der Waals surface area (Å²) in [6, 6.07) is 20.3. The summed E-state index contributed by atoms with van der Waals surface area (Å²) in [5, 5.41) is 0.667. The van der Waals surface area contributed by atoms with E-state index in [4.69, 9.17) is 16.0 Å². The molecule has 0 bridgehead atoms. The Bertz CT molecular complexity index is 774. The quantitative estimate of drug-likeness (QED) is 0.686. The van der Waals surface area contributed by atoms with Gasteiger partial charge in [0.25, 0.3) is 0 Å². The summed E-state index contributed by atoms with van der Waals surface area (Å²) in [4.78, 5) is 11.7. The number of hydrogen-bond donors (Lipinski definition) is 0. The number of rotatable bonds is 2. The number of benzene rings is 2. The molecule has 3 aromatic rings. The molecule has 0 N–H and O–H groups in total. The first-order valence-corrected chi connectivity index (χ1v) is 6.57. The average Bonchev–Trinajstić information content (AvgIpc) is 2.48. The maximum Gasteiger partial charge on any atom is 0.336 e. The molecule has 1 aromatic heterocycles. The van der Waals surface area contributed by atoms with Crippen LogP contribution in [0.5, 0.6) is 0 Å². The van der Waals surface area contributed by atoms with Gasteiger partial charge in [-0.3, -0.25) is 0 Å². The van der Waals surface area contributed by atoms with Gasteiger partial charge in [0.05, 0.1) is 0 Å². The molecule has 0 aliphatic heterocycles. The van der Waals surface area contributed by atoms with Crippen LogP contribution in [0.15, 0.2) is 75.9 Å². The molecular weight excluding hydrogens is 272 g/mol. The molecule has 1 heterocycles. The van der Waals surface area contributed by atoms with Crippen molar-refractivity contribution in [3.63, 3.8) is 0 Å². The summed E-state index contributed by atoms with van der Waals surface area (Å²) >= 11 is 5.88. The molecular formula is C17H11ClO2. The first kappa shape index (κ1) is 12.7. The highest BCUT2D eigenvalue weighted by molar-refractivity contribution is 6.30. The van der Waals surface area contributed by atoms with Crippen molar-refractivity contribution in [2.45, 2.75) is 0 Å². The highest BCUT2D eigenvalue weighted by atomic mass is 35.5. The number of halogens is 1. The van der Waals surface area contributed by atoms with Crippen molar-refractivity contribution in [3.8, 4) is 22.5 Å². The average molecular weight is 283 g/mol. The molecule has 98 valence electrons. The largest absolute Gasteiger partial charge is 0.423 e. The Labute approximate surface area is 121 Å². The summed E-state index contributed by atoms with van der Waals surface area (Å²) in [6.45, 7) is 0. The minimum absolute atomic E-state index is 0.365. The lowest BCUT2D eigenvalue weighted by molar-refractivity contribution is 0.526. The van der Waals surface area contributed by atoms with Gasteiger partial charge in [0.15, 0.2) is 0 Å². The van der Waals surface area contributed by atoms with Crippen LogP contribution in [0, 0.1) is 0 Å². The Morgan fingerprint density at radius 2 is 1.45 bits per heavy atom. The van der Waals surface area contributed by atoms with Gasteiger partial charge in [0, 0.05) is 16.7 Å². The first-order valence-electron chi connectivity index (χ1n) is 6.19. The van der Waals surface area contributed by atoms with Gasteiger partial charge in [0.2, 0.25) is 0 Å². The zero-order valence-electron chi connectivity index (χ0n) is 10.5. The van der Waals surface area contributed by atoms with Gasteiger partial charge in [-0.25, -0.2) is 4.79 Å². The Morgan fingerprint density at radius 3 is 2.15 bits per heavy atom. The van der Waals surface area contributed by atoms with Crippen LogP contribution >= 0.6 is 11.6 Å². The van der Waals surface area contributed by atoms with Gasteiger partial charge in [0.1, 0.15) is 5.76 Å². The topological polar surface area (TPSA) is 30.2 Å². The molecule has 2 nitrogen and oxygen atoms in total. The Kier molecular flexibility index (Phi) is 3.40. The fraction of sp³-hybridized carbons (Fsp3) is 0. The second-order valence-electron chi connectivity index (χ2n) is 4.40. The fourth-order valence-corrected chi connectivity index (χ4v) is 2.16. The van der Waals surface area contributed by atoms with E-state index in [1.165, 1.54) is 6.07 Å². The van der Waals surface area contributed by atoms with E-state index in [0.717, 1.165) is 16.7 Å². The van der Waals surface area contributed by atoms with Crippen LogP contribution in [0.25, 0.3) is 22.5 Å². The molecule has 0 fully saturated rings. The van der Waals surface area contributed by atoms with Gasteiger partial charge < -0.3 is 4.42 Å². The molecule has 0 unspecified atom stereocenters. The third-order valence-corrected chi connectivity index (χ3v) is 3.26. The van der Waals surface area contributed by atoms with E-state index in [9.17, 15) is 4.79 Å². The van der Waals surface area contributed by atoms with Crippen LogP contribution in [0.1, 0.15) is 0 Å². The van der Waals surface area contributed by atoms with Crippen molar-refractivity contribution >= 4 is 11.6 Å². The molecule has 0 saturated heterocycles. The second-order valence-corrected chi connectivity index (χ2v) is 4.84. The van der Waals surface area contributed by atoms with Gasteiger partial charge in [-0.15, -0.1) is 0 Å². The maximum atomic E-state index is 11.7. The second kappa shape index (κ2) is 5.35. The number of hydrogen-bond acceptors (Lipinski definition) is 2. The smallest absolute Gasteiger partial charge is 0.336 e. The normalized spacial score (nSPS) is 10.4. The van der Waals surface area contributed by atoms with Crippen molar-refractivity contribution in [1.82, 2.24) is 0 Å². The molecule has 2 aromatic carbocycles. The molecule has 0 atom stereocenters. The molecule has 0 aliphatic carbocycles. The van der Waals surface area contributed by atoms with E-state index < -0.39 is 0 Å². The minimum atomic E-state index is -0.365. The monoisotopic (exact) mass is 282 g/mol. The minimum Gasteiger partial charge on any atom is -0.423 e. The third kappa shape index (κ3) is 2.65. The Morgan fingerprint density at radius 1 is 0.750 bits per heavy atom. The van der Waals surface area contributed by atoms with E-state index in [0.29, 0.717) is 10.8 Å². The predicted octanol–water partition coefficient (Wildman–Crippen LogP) is 4.63.